The standard InChI is InChI=1S/C19H14F3N5O/c20-19(21,22)13-5-3-4-12(10-13)14(23)7-8-17-25-11-15(26-17)18(28)27-16-6-1-2-9-24-16/h1-11,23H,(H,25,26)(H,24,27,28)/b8-7-,23-14?. The maximum absolute atomic E-state index is 12.8. The number of imidazole rings is 1. The first-order valence-electron chi connectivity index (χ1n) is 8.04. The Hall–Kier alpha value is -3.75. The van der Waals surface area contributed by atoms with Gasteiger partial charge < -0.3 is 15.7 Å². The fourth-order valence-electron chi connectivity index (χ4n) is 2.28. The predicted octanol–water partition coefficient (Wildman–Crippen LogP) is 4.16. The van der Waals surface area contributed by atoms with E-state index in [-0.39, 0.29) is 22.8 Å². The average molecular weight is 385 g/mol. The minimum Gasteiger partial charge on any atom is -0.334 e. The van der Waals surface area contributed by atoms with Gasteiger partial charge in [-0.3, -0.25) is 4.79 Å². The Bertz CT molecular complexity index is 1030. The Morgan fingerprint density at radius 1 is 1.14 bits per heavy atom. The van der Waals surface area contributed by atoms with E-state index < -0.39 is 17.6 Å². The topological polar surface area (TPSA) is 94.5 Å². The highest BCUT2D eigenvalue weighted by atomic mass is 19.4. The predicted molar refractivity (Wildman–Crippen MR) is 98.1 cm³/mol. The number of aromatic amines is 1. The molecule has 3 N–H and O–H groups in total. The van der Waals surface area contributed by atoms with Crippen LogP contribution in [0.2, 0.25) is 0 Å². The van der Waals surface area contributed by atoms with Gasteiger partial charge in [0.15, 0.2) is 0 Å². The van der Waals surface area contributed by atoms with Gasteiger partial charge in [-0.2, -0.15) is 13.2 Å². The lowest BCUT2D eigenvalue weighted by atomic mass is 10.1. The first-order chi connectivity index (χ1) is 13.3. The maximum Gasteiger partial charge on any atom is 0.416 e. The lowest BCUT2D eigenvalue weighted by Gasteiger charge is -2.07. The van der Waals surface area contributed by atoms with E-state index in [4.69, 9.17) is 5.41 Å². The van der Waals surface area contributed by atoms with Crippen LogP contribution in [0.15, 0.2) is 60.9 Å². The molecule has 0 spiro atoms. The zero-order valence-electron chi connectivity index (χ0n) is 14.3. The molecular formula is C19H14F3N5O. The molecule has 1 amide bonds. The Morgan fingerprint density at radius 3 is 2.68 bits per heavy atom. The number of carbonyl (C=O) groups excluding carboxylic acids is 1. The molecule has 0 saturated heterocycles. The van der Waals surface area contributed by atoms with Gasteiger partial charge >= 0.3 is 6.18 Å². The van der Waals surface area contributed by atoms with Crippen LogP contribution < -0.4 is 5.32 Å². The lowest BCUT2D eigenvalue weighted by molar-refractivity contribution is -0.137. The fourth-order valence-corrected chi connectivity index (χ4v) is 2.28. The number of amides is 1. The zero-order chi connectivity index (χ0) is 20.1. The summed E-state index contributed by atoms with van der Waals surface area (Å²) >= 11 is 0. The van der Waals surface area contributed by atoms with E-state index in [0.717, 1.165) is 12.1 Å². The number of alkyl halides is 3. The summed E-state index contributed by atoms with van der Waals surface area (Å²) in [7, 11) is 0. The smallest absolute Gasteiger partial charge is 0.334 e. The number of rotatable bonds is 5. The number of halogens is 3. The van der Waals surface area contributed by atoms with E-state index in [9.17, 15) is 18.0 Å². The normalized spacial score (nSPS) is 11.5. The summed E-state index contributed by atoms with van der Waals surface area (Å²) in [5.41, 5.74) is -0.654. The number of H-pyrrole nitrogens is 1. The molecule has 0 radical (unpaired) electrons. The monoisotopic (exact) mass is 385 g/mol. The van der Waals surface area contributed by atoms with Gasteiger partial charge in [-0.15, -0.1) is 0 Å². The summed E-state index contributed by atoms with van der Waals surface area (Å²) in [4.78, 5) is 22.9. The van der Waals surface area contributed by atoms with Crippen molar-refractivity contribution in [3.63, 3.8) is 0 Å². The van der Waals surface area contributed by atoms with Gasteiger partial charge in [0.25, 0.3) is 5.91 Å². The molecule has 142 valence electrons. The second kappa shape index (κ2) is 7.87. The van der Waals surface area contributed by atoms with Crippen molar-refractivity contribution in [2.45, 2.75) is 6.18 Å². The van der Waals surface area contributed by atoms with Gasteiger partial charge in [0.1, 0.15) is 17.3 Å². The van der Waals surface area contributed by atoms with E-state index in [1.54, 1.807) is 18.2 Å². The molecule has 0 aliphatic heterocycles. The van der Waals surface area contributed by atoms with Crippen LogP contribution in [0.1, 0.15) is 27.4 Å². The molecule has 0 fully saturated rings. The van der Waals surface area contributed by atoms with Gasteiger partial charge in [0.05, 0.1) is 17.5 Å². The molecule has 0 aliphatic carbocycles. The highest BCUT2D eigenvalue weighted by molar-refractivity contribution is 6.08. The van der Waals surface area contributed by atoms with Gasteiger partial charge in [-0.05, 0) is 42.0 Å². The lowest BCUT2D eigenvalue weighted by Crippen LogP contribution is -2.13. The summed E-state index contributed by atoms with van der Waals surface area (Å²) in [6, 6.07) is 9.58. The van der Waals surface area contributed by atoms with Crippen molar-refractivity contribution in [3.8, 4) is 0 Å². The van der Waals surface area contributed by atoms with Crippen LogP contribution in [0, 0.1) is 5.41 Å². The third kappa shape index (κ3) is 4.70. The molecule has 2 aromatic heterocycles. The van der Waals surface area contributed by atoms with Crippen molar-refractivity contribution in [1.29, 1.82) is 5.41 Å². The fraction of sp³-hybridized carbons (Fsp3) is 0.0526. The molecule has 0 saturated carbocycles. The maximum atomic E-state index is 12.8. The molecule has 6 nitrogen and oxygen atoms in total. The minimum atomic E-state index is -4.48. The number of aromatic nitrogens is 3. The van der Waals surface area contributed by atoms with Crippen molar-refractivity contribution >= 4 is 23.5 Å². The first-order valence-corrected chi connectivity index (χ1v) is 8.04. The number of nitrogens with one attached hydrogen (secondary N) is 3. The largest absolute Gasteiger partial charge is 0.416 e. The molecule has 0 unspecified atom stereocenters. The number of pyridine rings is 1. The molecule has 3 rings (SSSR count). The molecule has 3 aromatic rings. The van der Waals surface area contributed by atoms with Crippen LogP contribution >= 0.6 is 0 Å². The molecule has 28 heavy (non-hydrogen) atoms. The van der Waals surface area contributed by atoms with Crippen molar-refractivity contribution in [3.05, 3.63) is 83.6 Å². The molecule has 2 heterocycles. The van der Waals surface area contributed by atoms with E-state index in [2.05, 4.69) is 20.3 Å². The quantitative estimate of drug-likeness (QED) is 0.576. The van der Waals surface area contributed by atoms with E-state index >= 15 is 0 Å². The minimum absolute atomic E-state index is 0.116. The van der Waals surface area contributed by atoms with Crippen molar-refractivity contribution in [1.82, 2.24) is 15.0 Å². The van der Waals surface area contributed by atoms with E-state index in [1.165, 1.54) is 36.7 Å². The van der Waals surface area contributed by atoms with E-state index in [1.807, 2.05) is 0 Å². The van der Waals surface area contributed by atoms with Crippen LogP contribution in [0.4, 0.5) is 19.0 Å². The number of carbonyl (C=O) groups is 1. The van der Waals surface area contributed by atoms with Gasteiger partial charge in [0.2, 0.25) is 0 Å². The Balaban J connectivity index is 1.68. The van der Waals surface area contributed by atoms with Crippen LogP contribution in [0.3, 0.4) is 0 Å². The number of benzene rings is 1. The Kier molecular flexibility index (Phi) is 5.35. The number of anilines is 1. The summed E-state index contributed by atoms with van der Waals surface area (Å²) in [5, 5.41) is 10.5. The third-order valence-corrected chi connectivity index (χ3v) is 3.66. The summed E-state index contributed by atoms with van der Waals surface area (Å²) in [5.74, 6) is 0.215. The van der Waals surface area contributed by atoms with Crippen molar-refractivity contribution in [2.24, 2.45) is 0 Å². The van der Waals surface area contributed by atoms with Crippen molar-refractivity contribution < 1.29 is 18.0 Å². The summed E-state index contributed by atoms with van der Waals surface area (Å²) < 4.78 is 38.3. The van der Waals surface area contributed by atoms with Crippen LogP contribution in [0.25, 0.3) is 6.08 Å². The van der Waals surface area contributed by atoms with Crippen molar-refractivity contribution in [2.75, 3.05) is 5.32 Å². The van der Waals surface area contributed by atoms with Crippen LogP contribution in [0.5, 0.6) is 0 Å². The van der Waals surface area contributed by atoms with Crippen LogP contribution in [-0.4, -0.2) is 26.6 Å². The second-order valence-electron chi connectivity index (χ2n) is 5.68. The number of hydrogen-bond donors (Lipinski definition) is 3. The van der Waals surface area contributed by atoms with E-state index in [0.29, 0.717) is 5.82 Å². The molecular weight excluding hydrogens is 371 g/mol. The summed E-state index contributed by atoms with van der Waals surface area (Å²) in [6.45, 7) is 0. The Morgan fingerprint density at radius 2 is 1.96 bits per heavy atom. The number of allylic oxidation sites excluding steroid dienone is 1. The molecule has 0 atom stereocenters. The molecule has 0 bridgehead atoms. The molecule has 1 aromatic carbocycles. The van der Waals surface area contributed by atoms with Gasteiger partial charge in [-0.25, -0.2) is 9.97 Å². The first kappa shape index (κ1) is 19.0. The highest BCUT2D eigenvalue weighted by Crippen LogP contribution is 2.29. The molecule has 9 heteroatoms. The highest BCUT2D eigenvalue weighted by Gasteiger charge is 2.30. The zero-order valence-corrected chi connectivity index (χ0v) is 14.3. The van der Waals surface area contributed by atoms with Crippen LogP contribution in [-0.2, 0) is 6.18 Å². The Labute approximate surface area is 157 Å². The third-order valence-electron chi connectivity index (χ3n) is 3.66. The average Bonchev–Trinajstić information content (AvgIpc) is 3.15. The SMILES string of the molecule is N=C(/C=C\c1ncc(C(=O)Nc2ccccn2)[nH]1)c1cccc(C(F)(F)F)c1. The summed E-state index contributed by atoms with van der Waals surface area (Å²) in [6.07, 6.45) is 1.08. The molecule has 0 aliphatic rings. The van der Waals surface area contributed by atoms with Gasteiger partial charge in [-0.1, -0.05) is 18.2 Å². The second-order valence-corrected chi connectivity index (χ2v) is 5.68. The van der Waals surface area contributed by atoms with Gasteiger partial charge in [0, 0.05) is 6.20 Å². The number of hydrogen-bond acceptors (Lipinski definition) is 4. The number of nitrogens with zero attached hydrogens (tertiary/aromatic N) is 2.